The SMILES string of the molecule is Cc1c(NC(=O)CN(Cc2ccccc2)S(C)(=O)=O)cccc1[N+](=O)[O-]. The summed E-state index contributed by atoms with van der Waals surface area (Å²) in [6.45, 7) is 1.18. The van der Waals surface area contributed by atoms with Crippen molar-refractivity contribution < 1.29 is 18.1 Å². The number of rotatable bonds is 7. The highest BCUT2D eigenvalue weighted by molar-refractivity contribution is 7.88. The van der Waals surface area contributed by atoms with E-state index in [1.807, 2.05) is 6.07 Å². The van der Waals surface area contributed by atoms with Crippen molar-refractivity contribution in [2.24, 2.45) is 0 Å². The Kier molecular flexibility index (Phi) is 6.06. The van der Waals surface area contributed by atoms with Gasteiger partial charge in [0.2, 0.25) is 15.9 Å². The molecular weight excluding hydrogens is 358 g/mol. The van der Waals surface area contributed by atoms with Crippen molar-refractivity contribution in [3.8, 4) is 0 Å². The minimum atomic E-state index is -3.62. The summed E-state index contributed by atoms with van der Waals surface area (Å²) < 4.78 is 25.0. The van der Waals surface area contributed by atoms with E-state index in [0.29, 0.717) is 5.56 Å². The fourth-order valence-corrected chi connectivity index (χ4v) is 3.12. The number of sulfonamides is 1. The lowest BCUT2D eigenvalue weighted by Gasteiger charge is -2.20. The molecule has 0 heterocycles. The van der Waals surface area contributed by atoms with E-state index in [9.17, 15) is 23.3 Å². The van der Waals surface area contributed by atoms with Crippen LogP contribution in [0.25, 0.3) is 0 Å². The molecule has 0 aliphatic rings. The molecule has 0 saturated heterocycles. The zero-order valence-corrected chi connectivity index (χ0v) is 15.2. The van der Waals surface area contributed by atoms with Crippen LogP contribution in [0.1, 0.15) is 11.1 Å². The van der Waals surface area contributed by atoms with Crippen molar-refractivity contribution in [3.63, 3.8) is 0 Å². The Morgan fingerprint density at radius 2 is 1.81 bits per heavy atom. The number of nitrogens with one attached hydrogen (secondary N) is 1. The third-order valence-corrected chi connectivity index (χ3v) is 4.96. The lowest BCUT2D eigenvalue weighted by molar-refractivity contribution is -0.385. The largest absolute Gasteiger partial charge is 0.324 e. The van der Waals surface area contributed by atoms with E-state index in [1.165, 1.54) is 25.1 Å². The average molecular weight is 377 g/mol. The van der Waals surface area contributed by atoms with Gasteiger partial charge in [-0.25, -0.2) is 8.42 Å². The monoisotopic (exact) mass is 377 g/mol. The second-order valence-electron chi connectivity index (χ2n) is 5.77. The van der Waals surface area contributed by atoms with E-state index in [2.05, 4.69) is 5.32 Å². The van der Waals surface area contributed by atoms with E-state index in [4.69, 9.17) is 0 Å². The van der Waals surface area contributed by atoms with Crippen LogP contribution in [0, 0.1) is 17.0 Å². The predicted molar refractivity (Wildman–Crippen MR) is 98.2 cm³/mol. The quantitative estimate of drug-likeness (QED) is 0.588. The normalized spacial score (nSPS) is 11.3. The first kappa shape index (κ1) is 19.5. The Morgan fingerprint density at radius 3 is 2.38 bits per heavy atom. The molecule has 138 valence electrons. The predicted octanol–water partition coefficient (Wildman–Crippen LogP) is 2.30. The number of carbonyl (C=O) groups is 1. The summed E-state index contributed by atoms with van der Waals surface area (Å²) in [4.78, 5) is 22.7. The maximum atomic E-state index is 12.3. The molecule has 2 aromatic carbocycles. The van der Waals surface area contributed by atoms with Gasteiger partial charge in [0.25, 0.3) is 5.69 Å². The lowest BCUT2D eigenvalue weighted by atomic mass is 10.1. The molecule has 0 fully saturated rings. The zero-order valence-electron chi connectivity index (χ0n) is 14.4. The summed E-state index contributed by atoms with van der Waals surface area (Å²) in [6, 6.07) is 13.2. The minimum Gasteiger partial charge on any atom is -0.324 e. The molecule has 0 aliphatic heterocycles. The molecule has 0 saturated carbocycles. The number of nitro groups is 1. The molecule has 1 N–H and O–H groups in total. The van der Waals surface area contributed by atoms with Gasteiger partial charge in [0.05, 0.1) is 29.0 Å². The van der Waals surface area contributed by atoms with Crippen LogP contribution in [-0.4, -0.2) is 36.4 Å². The van der Waals surface area contributed by atoms with Crippen LogP contribution in [0.4, 0.5) is 11.4 Å². The third kappa shape index (κ3) is 5.11. The first-order valence-corrected chi connectivity index (χ1v) is 9.56. The van der Waals surface area contributed by atoms with Crippen molar-refractivity contribution in [1.82, 2.24) is 4.31 Å². The number of hydrogen-bond acceptors (Lipinski definition) is 5. The van der Waals surface area contributed by atoms with Crippen LogP contribution in [0.3, 0.4) is 0 Å². The lowest BCUT2D eigenvalue weighted by Crippen LogP contribution is -2.37. The van der Waals surface area contributed by atoms with Crippen LogP contribution < -0.4 is 5.32 Å². The van der Waals surface area contributed by atoms with Crippen LogP contribution in [0.15, 0.2) is 48.5 Å². The van der Waals surface area contributed by atoms with Gasteiger partial charge in [0, 0.05) is 12.6 Å². The molecule has 8 nitrogen and oxygen atoms in total. The highest BCUT2D eigenvalue weighted by atomic mass is 32.2. The molecule has 0 aliphatic carbocycles. The molecule has 26 heavy (non-hydrogen) atoms. The fraction of sp³-hybridized carbons (Fsp3) is 0.235. The van der Waals surface area contributed by atoms with E-state index >= 15 is 0 Å². The second kappa shape index (κ2) is 8.07. The highest BCUT2D eigenvalue weighted by Gasteiger charge is 2.22. The van der Waals surface area contributed by atoms with Crippen LogP contribution in [-0.2, 0) is 21.4 Å². The van der Waals surface area contributed by atoms with E-state index in [-0.39, 0.29) is 17.9 Å². The molecule has 0 bridgehead atoms. The molecule has 1 amide bonds. The minimum absolute atomic E-state index is 0.0566. The van der Waals surface area contributed by atoms with E-state index < -0.39 is 27.4 Å². The van der Waals surface area contributed by atoms with Crippen molar-refractivity contribution in [2.75, 3.05) is 18.1 Å². The maximum Gasteiger partial charge on any atom is 0.274 e. The number of amides is 1. The Hall–Kier alpha value is -2.78. The Morgan fingerprint density at radius 1 is 1.15 bits per heavy atom. The molecule has 0 spiro atoms. The van der Waals surface area contributed by atoms with Gasteiger partial charge in [-0.3, -0.25) is 14.9 Å². The maximum absolute atomic E-state index is 12.3. The molecular formula is C17H19N3O5S. The van der Waals surface area contributed by atoms with Gasteiger partial charge >= 0.3 is 0 Å². The molecule has 9 heteroatoms. The van der Waals surface area contributed by atoms with Gasteiger partial charge in [-0.15, -0.1) is 0 Å². The number of anilines is 1. The van der Waals surface area contributed by atoms with Gasteiger partial charge in [0.1, 0.15) is 0 Å². The van der Waals surface area contributed by atoms with Gasteiger partial charge in [-0.1, -0.05) is 36.4 Å². The Labute approximate surface area is 151 Å². The van der Waals surface area contributed by atoms with Crippen molar-refractivity contribution in [2.45, 2.75) is 13.5 Å². The van der Waals surface area contributed by atoms with Gasteiger partial charge < -0.3 is 5.32 Å². The smallest absolute Gasteiger partial charge is 0.274 e. The molecule has 2 aromatic rings. The number of nitrogens with zero attached hydrogens (tertiary/aromatic N) is 2. The standard InChI is InChI=1S/C17H19N3O5S/c1-13-15(9-6-10-16(13)20(22)23)18-17(21)12-19(26(2,24)25)11-14-7-4-3-5-8-14/h3-10H,11-12H2,1-2H3,(H,18,21). The highest BCUT2D eigenvalue weighted by Crippen LogP contribution is 2.25. The van der Waals surface area contributed by atoms with Crippen molar-refractivity contribution in [1.29, 1.82) is 0 Å². The summed E-state index contributed by atoms with van der Waals surface area (Å²) in [5.41, 5.74) is 1.21. The first-order valence-electron chi connectivity index (χ1n) is 7.71. The molecule has 0 unspecified atom stereocenters. The van der Waals surface area contributed by atoms with Crippen LogP contribution >= 0.6 is 0 Å². The molecule has 2 rings (SSSR count). The Bertz CT molecular complexity index is 913. The number of benzene rings is 2. The molecule has 0 atom stereocenters. The number of carbonyl (C=O) groups excluding carboxylic acids is 1. The second-order valence-corrected chi connectivity index (χ2v) is 7.75. The summed E-state index contributed by atoms with van der Waals surface area (Å²) in [5, 5.41) is 13.5. The first-order chi connectivity index (χ1) is 12.2. The topological polar surface area (TPSA) is 110 Å². The third-order valence-electron chi connectivity index (χ3n) is 3.77. The van der Waals surface area contributed by atoms with Gasteiger partial charge in [-0.05, 0) is 18.6 Å². The van der Waals surface area contributed by atoms with Crippen molar-refractivity contribution in [3.05, 3.63) is 69.8 Å². The fourth-order valence-electron chi connectivity index (χ4n) is 2.38. The summed E-state index contributed by atoms with van der Waals surface area (Å²) >= 11 is 0. The number of hydrogen-bond donors (Lipinski definition) is 1. The average Bonchev–Trinajstić information content (AvgIpc) is 2.56. The van der Waals surface area contributed by atoms with Gasteiger partial charge in [0.15, 0.2) is 0 Å². The summed E-state index contributed by atoms with van der Waals surface area (Å²) in [7, 11) is -3.62. The molecule has 0 aromatic heterocycles. The van der Waals surface area contributed by atoms with Crippen LogP contribution in [0.2, 0.25) is 0 Å². The van der Waals surface area contributed by atoms with Crippen LogP contribution in [0.5, 0.6) is 0 Å². The Balaban J connectivity index is 2.16. The summed E-state index contributed by atoms with van der Waals surface area (Å²) in [6.07, 6.45) is 1.03. The van der Waals surface area contributed by atoms with Gasteiger partial charge in [-0.2, -0.15) is 4.31 Å². The summed E-state index contributed by atoms with van der Waals surface area (Å²) in [5.74, 6) is -0.574. The van der Waals surface area contributed by atoms with E-state index in [1.54, 1.807) is 24.3 Å². The van der Waals surface area contributed by atoms with Crippen molar-refractivity contribution >= 4 is 27.3 Å². The van der Waals surface area contributed by atoms with E-state index in [0.717, 1.165) is 16.1 Å². The number of nitro benzene ring substituents is 1. The zero-order chi connectivity index (χ0) is 19.3. The molecule has 0 radical (unpaired) electrons.